The molecule has 1 amide bonds. The summed E-state index contributed by atoms with van der Waals surface area (Å²) in [7, 11) is 1.63. The average Bonchev–Trinajstić information content (AvgIpc) is 2.33. The number of rotatable bonds is 6. The summed E-state index contributed by atoms with van der Waals surface area (Å²) < 4.78 is 0.992. The molecular weight excluding hydrogens is 298 g/mol. The molecule has 0 spiro atoms. The summed E-state index contributed by atoms with van der Waals surface area (Å²) in [6, 6.07) is 7.81. The smallest absolute Gasteiger partial charge is 0.305 e. The lowest BCUT2D eigenvalue weighted by atomic mass is 10.1. The third-order valence-corrected chi connectivity index (χ3v) is 3.10. The molecule has 1 aromatic rings. The predicted octanol–water partition coefficient (Wildman–Crippen LogP) is 2.31. The molecule has 0 saturated heterocycles. The van der Waals surface area contributed by atoms with E-state index in [1.165, 1.54) is 4.90 Å². The molecule has 0 aliphatic heterocycles. The summed E-state index contributed by atoms with van der Waals surface area (Å²) in [6.07, 6.45) is 1.04. The van der Waals surface area contributed by atoms with E-state index in [0.717, 1.165) is 10.0 Å². The number of amides is 1. The van der Waals surface area contributed by atoms with Gasteiger partial charge in [-0.2, -0.15) is 0 Å². The number of aliphatic carboxylic acids is 1. The summed E-state index contributed by atoms with van der Waals surface area (Å²) in [5, 5.41) is 8.54. The minimum atomic E-state index is -0.887. The van der Waals surface area contributed by atoms with Crippen molar-refractivity contribution >= 4 is 27.8 Å². The van der Waals surface area contributed by atoms with Gasteiger partial charge in [0.15, 0.2) is 0 Å². The molecule has 0 aliphatic rings. The van der Waals surface area contributed by atoms with Crippen LogP contribution in [-0.4, -0.2) is 35.5 Å². The van der Waals surface area contributed by atoms with Gasteiger partial charge in [-0.3, -0.25) is 9.59 Å². The maximum Gasteiger partial charge on any atom is 0.305 e. The van der Waals surface area contributed by atoms with E-state index in [-0.39, 0.29) is 18.9 Å². The molecule has 0 bridgehead atoms. The van der Waals surface area contributed by atoms with Gasteiger partial charge in [0.2, 0.25) is 5.91 Å². The van der Waals surface area contributed by atoms with E-state index in [0.29, 0.717) is 12.8 Å². The number of aryl methyl sites for hydroxylation is 1. The third kappa shape index (κ3) is 5.31. The first-order valence-electron chi connectivity index (χ1n) is 5.69. The van der Waals surface area contributed by atoms with Crippen molar-refractivity contribution in [2.75, 3.05) is 13.6 Å². The van der Waals surface area contributed by atoms with Crippen LogP contribution in [0.25, 0.3) is 0 Å². The fraction of sp³-hybridized carbons (Fsp3) is 0.385. The molecule has 18 heavy (non-hydrogen) atoms. The van der Waals surface area contributed by atoms with E-state index in [2.05, 4.69) is 15.9 Å². The van der Waals surface area contributed by atoms with Crippen molar-refractivity contribution in [1.82, 2.24) is 4.90 Å². The Balaban J connectivity index is 2.38. The highest BCUT2D eigenvalue weighted by atomic mass is 79.9. The van der Waals surface area contributed by atoms with Crippen molar-refractivity contribution in [3.05, 3.63) is 34.3 Å². The topological polar surface area (TPSA) is 57.6 Å². The number of carboxylic acid groups (broad SMARTS) is 1. The van der Waals surface area contributed by atoms with E-state index >= 15 is 0 Å². The first-order chi connectivity index (χ1) is 8.49. The zero-order valence-electron chi connectivity index (χ0n) is 10.2. The first kappa shape index (κ1) is 14.7. The maximum atomic E-state index is 11.7. The molecular formula is C13H16BrNO3. The molecule has 0 radical (unpaired) electrons. The Morgan fingerprint density at radius 1 is 1.33 bits per heavy atom. The molecule has 98 valence electrons. The van der Waals surface area contributed by atoms with E-state index in [1.54, 1.807) is 7.05 Å². The number of carbonyl (C=O) groups is 2. The highest BCUT2D eigenvalue weighted by Gasteiger charge is 2.10. The number of hydrogen-bond acceptors (Lipinski definition) is 2. The Morgan fingerprint density at radius 2 is 2.06 bits per heavy atom. The number of hydrogen-bond donors (Lipinski definition) is 1. The second kappa shape index (κ2) is 7.16. The highest BCUT2D eigenvalue weighted by molar-refractivity contribution is 9.10. The SMILES string of the molecule is CN(CCC(=O)O)C(=O)CCc1cccc(Br)c1. The van der Waals surface area contributed by atoms with Crippen molar-refractivity contribution in [3.8, 4) is 0 Å². The zero-order chi connectivity index (χ0) is 13.5. The van der Waals surface area contributed by atoms with Crippen LogP contribution in [0, 0.1) is 0 Å². The second-order valence-electron chi connectivity index (χ2n) is 4.09. The molecule has 0 saturated carbocycles. The van der Waals surface area contributed by atoms with Crippen LogP contribution in [0.3, 0.4) is 0 Å². The zero-order valence-corrected chi connectivity index (χ0v) is 11.8. The number of halogens is 1. The molecule has 0 aliphatic carbocycles. The minimum Gasteiger partial charge on any atom is -0.481 e. The van der Waals surface area contributed by atoms with Crippen LogP contribution in [0.15, 0.2) is 28.7 Å². The van der Waals surface area contributed by atoms with Gasteiger partial charge in [-0.05, 0) is 24.1 Å². The molecule has 0 atom stereocenters. The summed E-state index contributed by atoms with van der Waals surface area (Å²) in [5.41, 5.74) is 1.09. The van der Waals surface area contributed by atoms with E-state index in [4.69, 9.17) is 5.11 Å². The summed E-state index contributed by atoms with van der Waals surface area (Å²) in [6.45, 7) is 0.257. The Labute approximate surface area is 115 Å². The monoisotopic (exact) mass is 313 g/mol. The lowest BCUT2D eigenvalue weighted by Gasteiger charge is -2.15. The van der Waals surface area contributed by atoms with Crippen LogP contribution in [0.4, 0.5) is 0 Å². The van der Waals surface area contributed by atoms with E-state index in [1.807, 2.05) is 24.3 Å². The minimum absolute atomic E-state index is 0.0148. The van der Waals surface area contributed by atoms with Gasteiger partial charge in [0.1, 0.15) is 0 Å². The van der Waals surface area contributed by atoms with Gasteiger partial charge in [-0.1, -0.05) is 28.1 Å². The van der Waals surface area contributed by atoms with Crippen molar-refractivity contribution < 1.29 is 14.7 Å². The van der Waals surface area contributed by atoms with Crippen molar-refractivity contribution in [2.45, 2.75) is 19.3 Å². The fourth-order valence-corrected chi connectivity index (χ4v) is 1.97. The normalized spacial score (nSPS) is 10.1. The maximum absolute atomic E-state index is 11.7. The van der Waals surface area contributed by atoms with Crippen LogP contribution >= 0.6 is 15.9 Å². The molecule has 4 nitrogen and oxygen atoms in total. The molecule has 0 aromatic heterocycles. The number of benzene rings is 1. The molecule has 5 heteroatoms. The van der Waals surface area contributed by atoms with Gasteiger partial charge in [0.05, 0.1) is 6.42 Å². The van der Waals surface area contributed by atoms with Crippen molar-refractivity contribution in [2.24, 2.45) is 0 Å². The lowest BCUT2D eigenvalue weighted by Crippen LogP contribution is -2.29. The van der Waals surface area contributed by atoms with Crippen LogP contribution in [-0.2, 0) is 16.0 Å². The van der Waals surface area contributed by atoms with Crippen LogP contribution in [0.5, 0.6) is 0 Å². The predicted molar refractivity (Wildman–Crippen MR) is 72.4 cm³/mol. The Kier molecular flexibility index (Phi) is 5.85. The van der Waals surface area contributed by atoms with Crippen LogP contribution < -0.4 is 0 Å². The molecule has 1 rings (SSSR count). The van der Waals surface area contributed by atoms with Crippen molar-refractivity contribution in [3.63, 3.8) is 0 Å². The average molecular weight is 314 g/mol. The molecule has 1 aromatic carbocycles. The Bertz CT molecular complexity index is 434. The quantitative estimate of drug-likeness (QED) is 0.876. The number of carbonyl (C=O) groups excluding carboxylic acids is 1. The van der Waals surface area contributed by atoms with Gasteiger partial charge >= 0.3 is 5.97 Å². The Morgan fingerprint density at radius 3 is 2.67 bits per heavy atom. The van der Waals surface area contributed by atoms with E-state index < -0.39 is 5.97 Å². The standard InChI is InChI=1S/C13H16BrNO3/c1-15(8-7-13(17)18)12(16)6-5-10-3-2-4-11(14)9-10/h2-4,9H,5-8H2,1H3,(H,17,18). The molecule has 1 N–H and O–H groups in total. The lowest BCUT2D eigenvalue weighted by molar-refractivity contribution is -0.138. The summed E-state index contributed by atoms with van der Waals surface area (Å²) >= 11 is 3.38. The number of nitrogens with zero attached hydrogens (tertiary/aromatic N) is 1. The summed E-state index contributed by atoms with van der Waals surface area (Å²) in [5.74, 6) is -0.919. The van der Waals surface area contributed by atoms with Crippen molar-refractivity contribution in [1.29, 1.82) is 0 Å². The second-order valence-corrected chi connectivity index (χ2v) is 5.00. The Hall–Kier alpha value is -1.36. The van der Waals surface area contributed by atoms with Gasteiger partial charge < -0.3 is 10.0 Å². The highest BCUT2D eigenvalue weighted by Crippen LogP contribution is 2.13. The third-order valence-electron chi connectivity index (χ3n) is 2.60. The van der Waals surface area contributed by atoms with Crippen LogP contribution in [0.1, 0.15) is 18.4 Å². The van der Waals surface area contributed by atoms with Crippen LogP contribution in [0.2, 0.25) is 0 Å². The molecule has 0 heterocycles. The fourth-order valence-electron chi connectivity index (χ4n) is 1.52. The first-order valence-corrected chi connectivity index (χ1v) is 6.48. The van der Waals surface area contributed by atoms with Gasteiger partial charge in [0.25, 0.3) is 0 Å². The van der Waals surface area contributed by atoms with E-state index in [9.17, 15) is 9.59 Å². The van der Waals surface area contributed by atoms with Gasteiger partial charge in [-0.15, -0.1) is 0 Å². The molecule has 0 fully saturated rings. The largest absolute Gasteiger partial charge is 0.481 e. The number of carboxylic acids is 1. The van der Waals surface area contributed by atoms with Gasteiger partial charge in [0, 0.05) is 24.5 Å². The van der Waals surface area contributed by atoms with Gasteiger partial charge in [-0.25, -0.2) is 0 Å². The molecule has 0 unspecified atom stereocenters. The summed E-state index contributed by atoms with van der Waals surface area (Å²) in [4.78, 5) is 23.6.